The molecule has 2 amide bonds. The molecule has 0 aromatic carbocycles. The number of hydrogen-bond acceptors (Lipinski definition) is 5. The lowest BCUT2D eigenvalue weighted by Crippen LogP contribution is -2.52. The van der Waals surface area contributed by atoms with Crippen LogP contribution < -0.4 is 5.32 Å². The molecule has 0 radical (unpaired) electrons. The summed E-state index contributed by atoms with van der Waals surface area (Å²) in [6.45, 7) is 8.97. The third-order valence-electron chi connectivity index (χ3n) is 4.05. The molecular weight excluding hydrogens is 284 g/mol. The van der Waals surface area contributed by atoms with E-state index in [1.54, 1.807) is 4.90 Å². The van der Waals surface area contributed by atoms with Crippen molar-refractivity contribution in [1.82, 2.24) is 20.0 Å². The van der Waals surface area contributed by atoms with Crippen molar-refractivity contribution < 1.29 is 14.3 Å². The van der Waals surface area contributed by atoms with Gasteiger partial charge in [-0.25, -0.2) is 0 Å². The van der Waals surface area contributed by atoms with Crippen molar-refractivity contribution in [3.63, 3.8) is 0 Å². The van der Waals surface area contributed by atoms with Crippen LogP contribution in [0.3, 0.4) is 0 Å². The highest BCUT2D eigenvalue weighted by Crippen LogP contribution is 2.11. The third-order valence-corrected chi connectivity index (χ3v) is 4.05. The Labute approximate surface area is 132 Å². The molecule has 2 heterocycles. The van der Waals surface area contributed by atoms with Gasteiger partial charge in [0, 0.05) is 39.3 Å². The fourth-order valence-corrected chi connectivity index (χ4v) is 3.01. The number of carbonyl (C=O) groups excluding carboxylic acids is 2. The summed E-state index contributed by atoms with van der Waals surface area (Å²) in [6.07, 6.45) is 0.140. The van der Waals surface area contributed by atoms with Gasteiger partial charge in [0.2, 0.25) is 11.8 Å². The average Bonchev–Trinajstić information content (AvgIpc) is 2.47. The summed E-state index contributed by atoms with van der Waals surface area (Å²) in [4.78, 5) is 30.0. The van der Waals surface area contributed by atoms with Crippen molar-refractivity contribution in [3.05, 3.63) is 0 Å². The first-order chi connectivity index (χ1) is 10.5. The van der Waals surface area contributed by atoms with Crippen LogP contribution in [0, 0.1) is 0 Å². The predicted octanol–water partition coefficient (Wildman–Crippen LogP) is -1.01. The number of rotatable bonds is 4. The monoisotopic (exact) mass is 312 g/mol. The number of carbonyl (C=O) groups is 2. The molecule has 0 aliphatic carbocycles. The number of nitrogens with one attached hydrogen (secondary N) is 1. The maximum atomic E-state index is 12.4. The Kier molecular flexibility index (Phi) is 6.16. The summed E-state index contributed by atoms with van der Waals surface area (Å²) in [7, 11) is 1.82. The van der Waals surface area contributed by atoms with Crippen molar-refractivity contribution in [1.29, 1.82) is 0 Å². The highest BCUT2D eigenvalue weighted by atomic mass is 16.5. The van der Waals surface area contributed by atoms with E-state index in [9.17, 15) is 9.59 Å². The molecule has 2 aliphatic rings. The highest BCUT2D eigenvalue weighted by molar-refractivity contribution is 5.81. The van der Waals surface area contributed by atoms with Gasteiger partial charge in [-0.2, -0.15) is 0 Å². The fourth-order valence-electron chi connectivity index (χ4n) is 3.01. The van der Waals surface area contributed by atoms with Gasteiger partial charge in [0.05, 0.1) is 25.3 Å². The molecule has 0 bridgehead atoms. The number of ether oxygens (including phenoxy) is 1. The Morgan fingerprint density at radius 2 is 1.55 bits per heavy atom. The summed E-state index contributed by atoms with van der Waals surface area (Å²) in [5, 5.41) is 3.23. The van der Waals surface area contributed by atoms with Crippen LogP contribution >= 0.6 is 0 Å². The molecular formula is C15H28N4O3. The van der Waals surface area contributed by atoms with Crippen LogP contribution in [0.4, 0.5) is 0 Å². The number of likely N-dealkylation sites (N-methyl/N-ethyl adjacent to an activating group) is 1. The smallest absolute Gasteiger partial charge is 0.236 e. The maximum Gasteiger partial charge on any atom is 0.236 e. The molecule has 126 valence electrons. The lowest BCUT2D eigenvalue weighted by molar-refractivity contribution is -0.144. The first-order valence-corrected chi connectivity index (χ1v) is 8.06. The van der Waals surface area contributed by atoms with Gasteiger partial charge in [0.1, 0.15) is 0 Å². The molecule has 2 rings (SSSR count). The van der Waals surface area contributed by atoms with Crippen molar-refractivity contribution in [2.75, 3.05) is 59.4 Å². The number of piperazine rings is 1. The average molecular weight is 312 g/mol. The van der Waals surface area contributed by atoms with E-state index in [-0.39, 0.29) is 30.6 Å². The quantitative estimate of drug-likeness (QED) is 0.720. The van der Waals surface area contributed by atoms with Crippen LogP contribution in [0.2, 0.25) is 0 Å². The lowest BCUT2D eigenvalue weighted by Gasteiger charge is -2.36. The molecule has 0 saturated carbocycles. The molecule has 0 aromatic rings. The zero-order valence-corrected chi connectivity index (χ0v) is 13.9. The Hall–Kier alpha value is -1.18. The summed E-state index contributed by atoms with van der Waals surface area (Å²) in [5.74, 6) is 0.165. The summed E-state index contributed by atoms with van der Waals surface area (Å²) in [5.41, 5.74) is 0. The van der Waals surface area contributed by atoms with Gasteiger partial charge in [-0.05, 0) is 20.9 Å². The Balaban J connectivity index is 1.76. The van der Waals surface area contributed by atoms with Crippen molar-refractivity contribution in [3.8, 4) is 0 Å². The Morgan fingerprint density at radius 1 is 1.05 bits per heavy atom. The summed E-state index contributed by atoms with van der Waals surface area (Å²) in [6, 6.07) is 0. The Bertz CT molecular complexity index is 388. The van der Waals surface area contributed by atoms with Crippen molar-refractivity contribution in [2.24, 2.45) is 0 Å². The molecule has 2 atom stereocenters. The fraction of sp³-hybridized carbons (Fsp3) is 0.867. The van der Waals surface area contributed by atoms with Gasteiger partial charge in [-0.15, -0.1) is 0 Å². The van der Waals surface area contributed by atoms with Gasteiger partial charge in [-0.1, -0.05) is 0 Å². The van der Waals surface area contributed by atoms with E-state index in [1.807, 2.05) is 30.7 Å². The minimum absolute atomic E-state index is 0.0672. The number of amides is 2. The van der Waals surface area contributed by atoms with Crippen LogP contribution in [0.1, 0.15) is 13.8 Å². The number of nitrogens with zero attached hydrogens (tertiary/aromatic N) is 3. The van der Waals surface area contributed by atoms with Crippen LogP contribution in [-0.4, -0.2) is 98.1 Å². The normalized spacial score (nSPS) is 26.4. The second kappa shape index (κ2) is 7.89. The largest absolute Gasteiger partial charge is 0.372 e. The van der Waals surface area contributed by atoms with E-state index in [4.69, 9.17) is 4.74 Å². The van der Waals surface area contributed by atoms with E-state index in [2.05, 4.69) is 5.32 Å². The van der Waals surface area contributed by atoms with E-state index in [1.165, 1.54) is 0 Å². The number of morpholine rings is 1. The molecule has 2 aliphatic heterocycles. The standard InChI is InChI=1S/C15H28N4O3/c1-12-8-19(9-13(2)22-12)15(21)11-17(3)10-14(20)18-6-4-16-5-7-18/h12-13,16H,4-11H2,1-3H3. The molecule has 2 unspecified atom stereocenters. The summed E-state index contributed by atoms with van der Waals surface area (Å²) < 4.78 is 5.64. The van der Waals surface area contributed by atoms with Crippen LogP contribution in [0.5, 0.6) is 0 Å². The van der Waals surface area contributed by atoms with Gasteiger partial charge in [0.25, 0.3) is 0 Å². The first-order valence-electron chi connectivity index (χ1n) is 8.06. The molecule has 7 heteroatoms. The van der Waals surface area contributed by atoms with Gasteiger partial charge >= 0.3 is 0 Å². The predicted molar refractivity (Wildman–Crippen MR) is 83.5 cm³/mol. The van der Waals surface area contributed by atoms with Crippen molar-refractivity contribution >= 4 is 11.8 Å². The molecule has 7 nitrogen and oxygen atoms in total. The minimum atomic E-state index is 0.0672. The summed E-state index contributed by atoms with van der Waals surface area (Å²) >= 11 is 0. The second-order valence-corrected chi connectivity index (χ2v) is 6.36. The second-order valence-electron chi connectivity index (χ2n) is 6.36. The van der Waals surface area contributed by atoms with Gasteiger partial charge in [0.15, 0.2) is 0 Å². The Morgan fingerprint density at radius 3 is 2.09 bits per heavy atom. The topological polar surface area (TPSA) is 65.1 Å². The van der Waals surface area contributed by atoms with E-state index in [0.29, 0.717) is 19.6 Å². The first kappa shape index (κ1) is 17.2. The number of hydrogen-bond donors (Lipinski definition) is 1. The highest BCUT2D eigenvalue weighted by Gasteiger charge is 2.27. The minimum Gasteiger partial charge on any atom is -0.372 e. The zero-order chi connectivity index (χ0) is 16.1. The van der Waals surface area contributed by atoms with Crippen LogP contribution in [-0.2, 0) is 14.3 Å². The third kappa shape index (κ3) is 4.93. The lowest BCUT2D eigenvalue weighted by atomic mass is 10.2. The molecule has 22 heavy (non-hydrogen) atoms. The molecule has 2 saturated heterocycles. The zero-order valence-electron chi connectivity index (χ0n) is 13.9. The molecule has 2 fully saturated rings. The molecule has 0 spiro atoms. The van der Waals surface area contributed by atoms with E-state index in [0.717, 1.165) is 26.2 Å². The molecule has 0 aromatic heterocycles. The van der Waals surface area contributed by atoms with E-state index >= 15 is 0 Å². The van der Waals surface area contributed by atoms with Crippen LogP contribution in [0.25, 0.3) is 0 Å². The van der Waals surface area contributed by atoms with Crippen molar-refractivity contribution in [2.45, 2.75) is 26.1 Å². The van der Waals surface area contributed by atoms with Crippen LogP contribution in [0.15, 0.2) is 0 Å². The SMILES string of the molecule is CC1CN(C(=O)CN(C)CC(=O)N2CCNCC2)CC(C)O1. The van der Waals surface area contributed by atoms with E-state index < -0.39 is 0 Å². The van der Waals surface area contributed by atoms with Gasteiger partial charge in [-0.3, -0.25) is 14.5 Å². The maximum absolute atomic E-state index is 12.4. The molecule has 1 N–H and O–H groups in total. The van der Waals surface area contributed by atoms with Gasteiger partial charge < -0.3 is 19.9 Å².